The molecule has 0 aromatic heterocycles. The summed E-state index contributed by atoms with van der Waals surface area (Å²) in [6, 6.07) is -0.710. The Balaban J connectivity index is 1.95. The average molecular weight is 276 g/mol. The van der Waals surface area contributed by atoms with Crippen LogP contribution in [0.4, 0.5) is 0 Å². The fraction of sp³-hybridized carbons (Fsp3) is 1.00. The molecule has 0 aromatic rings. The Hall–Kier alpha value is 0.0949. The van der Waals surface area contributed by atoms with Crippen molar-refractivity contribution in [2.45, 2.75) is 50.4 Å². The molecule has 0 amide bonds. The Morgan fingerprint density at radius 3 is 2.39 bits per heavy atom. The summed E-state index contributed by atoms with van der Waals surface area (Å²) in [6.07, 6.45) is -1.06. The predicted molar refractivity (Wildman–Crippen MR) is 64.6 cm³/mol. The number of epoxide rings is 1. The molecule has 2 aliphatic heterocycles. The summed E-state index contributed by atoms with van der Waals surface area (Å²) < 4.78 is 33.5. The molecular formula is C10H18BO6P. The van der Waals surface area contributed by atoms with Crippen molar-refractivity contribution in [3.05, 3.63) is 0 Å². The lowest BCUT2D eigenvalue weighted by Gasteiger charge is -2.15. The Bertz CT molecular complexity index is 320. The van der Waals surface area contributed by atoms with Crippen LogP contribution >= 0.6 is 7.60 Å². The number of hydrogen-bond acceptors (Lipinski definition) is 6. The van der Waals surface area contributed by atoms with Crippen molar-refractivity contribution in [2.24, 2.45) is 0 Å². The van der Waals surface area contributed by atoms with Crippen LogP contribution in [0, 0.1) is 0 Å². The highest BCUT2D eigenvalue weighted by Gasteiger charge is 2.60. The van der Waals surface area contributed by atoms with Crippen LogP contribution in [0.1, 0.15) is 20.3 Å². The molecule has 5 atom stereocenters. The Labute approximate surface area is 108 Å². The molecule has 2 rings (SSSR count). The van der Waals surface area contributed by atoms with Gasteiger partial charge in [0.15, 0.2) is 5.85 Å². The van der Waals surface area contributed by atoms with Crippen LogP contribution in [0.3, 0.4) is 0 Å². The third-order valence-electron chi connectivity index (χ3n) is 2.98. The topological polar surface area (TPSA) is 77.5 Å². The highest BCUT2D eigenvalue weighted by atomic mass is 31.2. The number of hydrogen-bond donors (Lipinski definition) is 1. The summed E-state index contributed by atoms with van der Waals surface area (Å²) in [4.78, 5) is 0. The average Bonchev–Trinajstić information content (AvgIpc) is 3.03. The largest absolute Gasteiger partial charge is 0.391 e. The number of aliphatic hydroxyl groups excluding tert-OH is 1. The smallest absolute Gasteiger partial charge is 0.361 e. The monoisotopic (exact) mass is 276 g/mol. The van der Waals surface area contributed by atoms with Gasteiger partial charge >= 0.3 is 7.60 Å². The normalized spacial score (nSPS) is 40.1. The first-order valence-electron chi connectivity index (χ1n) is 6.15. The van der Waals surface area contributed by atoms with Crippen LogP contribution in [0.2, 0.25) is 0 Å². The van der Waals surface area contributed by atoms with Gasteiger partial charge in [0.2, 0.25) is 0 Å². The van der Waals surface area contributed by atoms with E-state index in [0.29, 0.717) is 6.42 Å². The zero-order chi connectivity index (χ0) is 13.3. The van der Waals surface area contributed by atoms with E-state index in [1.165, 1.54) is 0 Å². The molecule has 102 valence electrons. The van der Waals surface area contributed by atoms with Crippen molar-refractivity contribution in [3.8, 4) is 0 Å². The number of aliphatic hydroxyl groups is 1. The fourth-order valence-corrected chi connectivity index (χ4v) is 4.05. The lowest BCUT2D eigenvalue weighted by Crippen LogP contribution is -2.21. The second kappa shape index (κ2) is 5.61. The highest BCUT2D eigenvalue weighted by Crippen LogP contribution is 2.62. The molecule has 2 radical (unpaired) electrons. The van der Waals surface area contributed by atoms with Gasteiger partial charge in [-0.25, -0.2) is 0 Å². The molecule has 1 N–H and O–H groups in total. The summed E-state index contributed by atoms with van der Waals surface area (Å²) in [5.74, 6) is -0.611. The minimum absolute atomic E-state index is 0.289. The first-order valence-corrected chi connectivity index (χ1v) is 7.76. The van der Waals surface area contributed by atoms with Gasteiger partial charge in [-0.05, 0) is 13.8 Å². The number of ether oxygens (including phenoxy) is 2. The van der Waals surface area contributed by atoms with E-state index >= 15 is 0 Å². The minimum atomic E-state index is -3.25. The fourth-order valence-electron chi connectivity index (χ4n) is 2.12. The van der Waals surface area contributed by atoms with Crippen LogP contribution in [0.15, 0.2) is 0 Å². The molecule has 2 heterocycles. The van der Waals surface area contributed by atoms with Gasteiger partial charge in [-0.3, -0.25) is 4.57 Å². The second-order valence-corrected chi connectivity index (χ2v) is 6.41. The van der Waals surface area contributed by atoms with Crippen LogP contribution in [-0.4, -0.2) is 56.3 Å². The quantitative estimate of drug-likeness (QED) is 0.435. The third kappa shape index (κ3) is 2.81. The maximum Gasteiger partial charge on any atom is 0.361 e. The maximum atomic E-state index is 12.4. The van der Waals surface area contributed by atoms with Crippen LogP contribution in [0.25, 0.3) is 0 Å². The van der Waals surface area contributed by atoms with E-state index in [-0.39, 0.29) is 25.4 Å². The van der Waals surface area contributed by atoms with Crippen LogP contribution < -0.4 is 0 Å². The van der Waals surface area contributed by atoms with Gasteiger partial charge in [0.05, 0.1) is 25.4 Å². The highest BCUT2D eigenvalue weighted by molar-refractivity contribution is 7.54. The Morgan fingerprint density at radius 1 is 1.33 bits per heavy atom. The second-order valence-electron chi connectivity index (χ2n) is 4.31. The molecule has 0 bridgehead atoms. The van der Waals surface area contributed by atoms with Crippen molar-refractivity contribution in [1.29, 1.82) is 0 Å². The standard InChI is InChI=1S/C10H18BO6P/c1-3-14-18(13,15-4-2)10-8(17-10)7-5-6(12)9(11)16-7/h6-10,12H,3-5H2,1-2H3/t6-,7-,8?,9+,10?/m0/s1. The molecule has 8 heteroatoms. The van der Waals surface area contributed by atoms with Crippen LogP contribution in [0.5, 0.6) is 0 Å². The van der Waals surface area contributed by atoms with E-state index < -0.39 is 25.5 Å². The molecule has 18 heavy (non-hydrogen) atoms. The van der Waals surface area contributed by atoms with E-state index in [1.54, 1.807) is 13.8 Å². The van der Waals surface area contributed by atoms with Gasteiger partial charge in [-0.15, -0.1) is 0 Å². The number of rotatable bonds is 6. The zero-order valence-electron chi connectivity index (χ0n) is 10.5. The Kier molecular flexibility index (Phi) is 4.52. The molecule has 6 nitrogen and oxygen atoms in total. The zero-order valence-corrected chi connectivity index (χ0v) is 11.4. The van der Waals surface area contributed by atoms with Gasteiger partial charge in [0.1, 0.15) is 14.0 Å². The molecule has 2 aliphatic rings. The lowest BCUT2D eigenvalue weighted by molar-refractivity contribution is 0.0470. The van der Waals surface area contributed by atoms with Crippen molar-refractivity contribution in [1.82, 2.24) is 0 Å². The van der Waals surface area contributed by atoms with Crippen molar-refractivity contribution < 1.29 is 28.2 Å². The molecule has 2 unspecified atom stereocenters. The molecule has 0 aromatic carbocycles. The molecule has 2 fully saturated rings. The van der Waals surface area contributed by atoms with Gasteiger partial charge in [0, 0.05) is 12.4 Å². The van der Waals surface area contributed by atoms with E-state index in [9.17, 15) is 9.67 Å². The van der Waals surface area contributed by atoms with Gasteiger partial charge in [-0.2, -0.15) is 0 Å². The molecule has 0 aliphatic carbocycles. The van der Waals surface area contributed by atoms with Gasteiger partial charge < -0.3 is 23.6 Å². The van der Waals surface area contributed by atoms with Crippen molar-refractivity contribution >= 4 is 15.4 Å². The molecular weight excluding hydrogens is 258 g/mol. The summed E-state index contributed by atoms with van der Waals surface area (Å²) in [6.45, 7) is 4.07. The summed E-state index contributed by atoms with van der Waals surface area (Å²) in [7, 11) is 2.29. The molecule has 0 saturated carbocycles. The van der Waals surface area contributed by atoms with Gasteiger partial charge in [-0.1, -0.05) is 0 Å². The van der Waals surface area contributed by atoms with Gasteiger partial charge in [0.25, 0.3) is 0 Å². The van der Waals surface area contributed by atoms with Crippen LogP contribution in [-0.2, 0) is 23.1 Å². The first-order chi connectivity index (χ1) is 8.51. The minimum Gasteiger partial charge on any atom is -0.391 e. The van der Waals surface area contributed by atoms with E-state index in [0.717, 1.165) is 0 Å². The third-order valence-corrected chi connectivity index (χ3v) is 5.26. The Morgan fingerprint density at radius 2 is 1.94 bits per heavy atom. The van der Waals surface area contributed by atoms with Crippen molar-refractivity contribution in [2.75, 3.05) is 13.2 Å². The van der Waals surface area contributed by atoms with E-state index in [1.807, 2.05) is 0 Å². The predicted octanol–water partition coefficient (Wildman–Crippen LogP) is 0.622. The molecule has 2 saturated heterocycles. The van der Waals surface area contributed by atoms with E-state index in [4.69, 9.17) is 26.4 Å². The first kappa shape index (κ1) is 14.5. The summed E-state index contributed by atoms with van der Waals surface area (Å²) >= 11 is 0. The SMILES string of the molecule is [B][C@@H]1O[C@H](C2OC2P(=O)(OCC)OCC)C[C@@H]1O. The van der Waals surface area contributed by atoms with E-state index in [2.05, 4.69) is 0 Å². The lowest BCUT2D eigenvalue weighted by atomic mass is 9.94. The molecule has 0 spiro atoms. The summed E-state index contributed by atoms with van der Waals surface area (Å²) in [5, 5.41) is 9.50. The van der Waals surface area contributed by atoms with Crippen molar-refractivity contribution in [3.63, 3.8) is 0 Å². The summed E-state index contributed by atoms with van der Waals surface area (Å²) in [5.41, 5.74) is 0. The maximum absolute atomic E-state index is 12.4.